The molecular formula is C29H41F2N7O9. The Labute approximate surface area is 269 Å². The van der Waals surface area contributed by atoms with Crippen LogP contribution >= 0.6 is 0 Å². The average Bonchev–Trinajstić information content (AvgIpc) is 3.41. The maximum Gasteiger partial charge on any atom is 0.383 e. The minimum absolute atomic E-state index is 0.0409. The first-order valence-electron chi connectivity index (χ1n) is 15.0. The van der Waals surface area contributed by atoms with Gasteiger partial charge in [0.25, 0.3) is 11.8 Å². The topological polar surface area (TPSA) is 237 Å². The van der Waals surface area contributed by atoms with Crippen molar-refractivity contribution in [3.63, 3.8) is 0 Å². The monoisotopic (exact) mass is 669 g/mol. The van der Waals surface area contributed by atoms with Gasteiger partial charge in [0, 0.05) is 25.4 Å². The van der Waals surface area contributed by atoms with Gasteiger partial charge in [-0.25, -0.2) is 4.98 Å². The molecule has 0 spiro atoms. The van der Waals surface area contributed by atoms with Crippen LogP contribution in [0.1, 0.15) is 64.4 Å². The summed E-state index contributed by atoms with van der Waals surface area (Å²) < 4.78 is 29.3. The third-order valence-electron chi connectivity index (χ3n) is 7.33. The molecule has 1 saturated heterocycles. The molecule has 6 N–H and O–H groups in total. The number of nitrogens with zero attached hydrogens (tertiary/aromatic N) is 3. The van der Waals surface area contributed by atoms with E-state index in [9.17, 15) is 47.4 Å². The molecule has 1 aliphatic rings. The highest BCUT2D eigenvalue weighted by molar-refractivity contribution is 6.11. The molecule has 0 unspecified atom stereocenters. The van der Waals surface area contributed by atoms with Crippen LogP contribution in [0.15, 0.2) is 18.6 Å². The number of aliphatic hydroxyl groups is 1. The number of hydrogen-bond acceptors (Lipinski definition) is 10. The van der Waals surface area contributed by atoms with E-state index in [0.717, 1.165) is 4.90 Å². The molecule has 18 heteroatoms. The van der Waals surface area contributed by atoms with Crippen molar-refractivity contribution in [3.8, 4) is 0 Å². The van der Waals surface area contributed by atoms with Crippen LogP contribution in [0.25, 0.3) is 0 Å². The normalized spacial score (nSPS) is 18.2. The van der Waals surface area contributed by atoms with Crippen LogP contribution in [0.5, 0.6) is 0 Å². The number of ketones is 1. The Balaban J connectivity index is 2.24. The SMILES string of the molecule is CCC[C@H](NC(=O)[C@@H]1C[C@@H](O)CN1C(=O)[C@@H](NC(=O)[C@@H](NC(=O)c1cnccn1)C(C)C)C(C)C)C(=O)C(F)(F)C(=O)NCC(=O)O. The minimum atomic E-state index is -4.68. The lowest BCUT2D eigenvalue weighted by Crippen LogP contribution is -2.60. The molecule has 0 aliphatic carbocycles. The number of carbonyl (C=O) groups excluding carboxylic acids is 6. The first kappa shape index (κ1) is 38.6. The fourth-order valence-electron chi connectivity index (χ4n) is 4.83. The quantitative estimate of drug-likeness (QED) is 0.117. The number of aliphatic hydroxyl groups excluding tert-OH is 1. The van der Waals surface area contributed by atoms with Crippen molar-refractivity contribution in [1.82, 2.24) is 36.1 Å². The number of aromatic nitrogens is 2. The second-order valence-electron chi connectivity index (χ2n) is 11.8. The maximum atomic E-state index is 14.7. The van der Waals surface area contributed by atoms with Gasteiger partial charge in [-0.15, -0.1) is 0 Å². The maximum absolute atomic E-state index is 14.7. The van der Waals surface area contributed by atoms with Crippen molar-refractivity contribution < 1.29 is 52.6 Å². The smallest absolute Gasteiger partial charge is 0.383 e. The van der Waals surface area contributed by atoms with Gasteiger partial charge < -0.3 is 36.4 Å². The zero-order valence-corrected chi connectivity index (χ0v) is 26.7. The van der Waals surface area contributed by atoms with Gasteiger partial charge >= 0.3 is 11.9 Å². The van der Waals surface area contributed by atoms with Crippen molar-refractivity contribution in [2.24, 2.45) is 11.8 Å². The predicted molar refractivity (Wildman–Crippen MR) is 158 cm³/mol. The van der Waals surface area contributed by atoms with E-state index in [2.05, 4.69) is 25.9 Å². The zero-order valence-electron chi connectivity index (χ0n) is 26.7. The van der Waals surface area contributed by atoms with Crippen LogP contribution in [-0.2, 0) is 28.8 Å². The van der Waals surface area contributed by atoms with E-state index in [4.69, 9.17) is 5.11 Å². The summed E-state index contributed by atoms with van der Waals surface area (Å²) in [4.78, 5) is 97.0. The highest BCUT2D eigenvalue weighted by Crippen LogP contribution is 2.24. The van der Waals surface area contributed by atoms with Gasteiger partial charge in [0.05, 0.1) is 18.3 Å². The number of carboxylic acid groups (broad SMARTS) is 1. The Morgan fingerprint density at radius 1 is 1.00 bits per heavy atom. The van der Waals surface area contributed by atoms with Crippen LogP contribution < -0.4 is 21.3 Å². The average molecular weight is 670 g/mol. The predicted octanol–water partition coefficient (Wildman–Crippen LogP) is -0.976. The number of rotatable bonds is 16. The van der Waals surface area contributed by atoms with Crippen molar-refractivity contribution in [2.45, 2.75) is 90.1 Å². The molecule has 0 saturated carbocycles. The van der Waals surface area contributed by atoms with E-state index in [1.165, 1.54) is 30.8 Å². The summed E-state index contributed by atoms with van der Waals surface area (Å²) in [7, 11) is 0. The Hall–Kier alpha value is -4.61. The van der Waals surface area contributed by atoms with Crippen molar-refractivity contribution in [2.75, 3.05) is 13.1 Å². The number of hydrogen-bond donors (Lipinski definition) is 6. The Bertz CT molecular complexity index is 1330. The number of aliphatic carboxylic acids is 1. The summed E-state index contributed by atoms with van der Waals surface area (Å²) in [6, 6.07) is -5.70. The van der Waals surface area contributed by atoms with E-state index in [1.54, 1.807) is 27.7 Å². The molecule has 1 aromatic heterocycles. The first-order valence-corrected chi connectivity index (χ1v) is 15.0. The fourth-order valence-corrected chi connectivity index (χ4v) is 4.83. The summed E-state index contributed by atoms with van der Waals surface area (Å²) in [6.07, 6.45) is 2.14. The molecule has 2 heterocycles. The molecular weight excluding hydrogens is 628 g/mol. The van der Waals surface area contributed by atoms with Gasteiger partial charge in [-0.3, -0.25) is 38.5 Å². The second kappa shape index (κ2) is 16.8. The minimum Gasteiger partial charge on any atom is -0.480 e. The van der Waals surface area contributed by atoms with Crippen molar-refractivity contribution >= 4 is 41.3 Å². The molecule has 1 aromatic rings. The lowest BCUT2D eigenvalue weighted by Gasteiger charge is -2.32. The van der Waals surface area contributed by atoms with Crippen molar-refractivity contribution in [3.05, 3.63) is 24.3 Å². The van der Waals surface area contributed by atoms with E-state index >= 15 is 0 Å². The number of β-amino-alcohol motifs (C(OH)–C–C–N with tert-alkyl or cyclic N) is 1. The summed E-state index contributed by atoms with van der Waals surface area (Å²) in [5.74, 6) is -14.7. The molecule has 0 bridgehead atoms. The number of alkyl halides is 2. The number of nitrogens with one attached hydrogen (secondary N) is 4. The largest absolute Gasteiger partial charge is 0.480 e. The van der Waals surface area contributed by atoms with Gasteiger partial charge in [0.1, 0.15) is 30.4 Å². The molecule has 47 heavy (non-hydrogen) atoms. The van der Waals surface area contributed by atoms with Crippen molar-refractivity contribution in [1.29, 1.82) is 0 Å². The number of carboxylic acids is 1. The summed E-state index contributed by atoms with van der Waals surface area (Å²) in [6.45, 7) is 6.56. The fraction of sp³-hybridized carbons (Fsp3) is 0.621. The van der Waals surface area contributed by atoms with E-state index in [0.29, 0.717) is 0 Å². The molecule has 1 fully saturated rings. The molecule has 16 nitrogen and oxygen atoms in total. The Morgan fingerprint density at radius 2 is 1.64 bits per heavy atom. The standard InChI is InChI=1S/C29H41F2N7O9/c1-6-7-17(23(42)29(30,31)28(47)34-12-20(40)41)35-25(44)19-10-16(39)13-38(19)27(46)22(15(4)5)37-26(45)21(14(2)3)36-24(43)18-11-32-8-9-33-18/h8-9,11,14-17,19,21-22,39H,6-7,10,12-13H2,1-5H3,(H,34,47)(H,35,44)(H,36,43)(H,37,45)(H,40,41)/t16-,17+,19+,21+,22+/m1/s1. The molecule has 260 valence electrons. The van der Waals surface area contributed by atoms with Crippen LogP contribution in [0.4, 0.5) is 8.78 Å². The molecule has 0 radical (unpaired) electrons. The lowest BCUT2D eigenvalue weighted by atomic mass is 9.98. The van der Waals surface area contributed by atoms with Crippen LogP contribution in [0.3, 0.4) is 0 Å². The highest BCUT2D eigenvalue weighted by atomic mass is 19.3. The van der Waals surface area contributed by atoms with E-state index < -0.39 is 95.9 Å². The third kappa shape index (κ3) is 10.2. The molecule has 0 aromatic carbocycles. The number of Topliss-reactive ketones (excluding diaryl/α,β-unsaturated/α-hetero) is 1. The van der Waals surface area contributed by atoms with Gasteiger partial charge in [-0.2, -0.15) is 8.78 Å². The van der Waals surface area contributed by atoms with Crippen LogP contribution in [0, 0.1) is 11.8 Å². The van der Waals surface area contributed by atoms with Gasteiger partial charge in [-0.05, 0) is 18.3 Å². The van der Waals surface area contributed by atoms with Crippen LogP contribution in [-0.4, -0.2) is 116 Å². The first-order chi connectivity index (χ1) is 21.9. The second-order valence-corrected chi connectivity index (χ2v) is 11.8. The lowest BCUT2D eigenvalue weighted by molar-refractivity contribution is -0.161. The number of amides is 5. The Morgan fingerprint density at radius 3 is 2.17 bits per heavy atom. The molecule has 1 aliphatic heterocycles. The van der Waals surface area contributed by atoms with Crippen LogP contribution in [0.2, 0.25) is 0 Å². The molecule has 5 atom stereocenters. The highest BCUT2D eigenvalue weighted by Gasteiger charge is 2.51. The van der Waals surface area contributed by atoms with Gasteiger partial charge in [0.2, 0.25) is 23.5 Å². The third-order valence-corrected chi connectivity index (χ3v) is 7.33. The molecule has 2 rings (SSSR count). The summed E-state index contributed by atoms with van der Waals surface area (Å²) in [5.41, 5.74) is -0.0409. The van der Waals surface area contributed by atoms with E-state index in [-0.39, 0.29) is 31.5 Å². The van der Waals surface area contributed by atoms with E-state index in [1.807, 2.05) is 0 Å². The molecule has 5 amide bonds. The van der Waals surface area contributed by atoms with Gasteiger partial charge in [0.15, 0.2) is 0 Å². The van der Waals surface area contributed by atoms with Gasteiger partial charge in [-0.1, -0.05) is 41.0 Å². The number of likely N-dealkylation sites (tertiary alicyclic amines) is 1. The summed E-state index contributed by atoms with van der Waals surface area (Å²) >= 11 is 0. The summed E-state index contributed by atoms with van der Waals surface area (Å²) in [5, 5.41) is 27.8. The Kier molecular flexibility index (Phi) is 13.8. The zero-order chi connectivity index (χ0) is 35.6. The number of halogens is 2. The number of carbonyl (C=O) groups is 7.